The van der Waals surface area contributed by atoms with E-state index in [1.54, 1.807) is 6.20 Å². The number of nitrogens with zero attached hydrogens (tertiary/aromatic N) is 4. The van der Waals surface area contributed by atoms with E-state index in [1.807, 2.05) is 66.4 Å². The van der Waals surface area contributed by atoms with E-state index >= 15 is 0 Å². The van der Waals surface area contributed by atoms with Crippen molar-refractivity contribution in [1.82, 2.24) is 15.0 Å². The second-order valence-electron chi connectivity index (χ2n) is 14.9. The molecule has 4 saturated carbocycles. The van der Waals surface area contributed by atoms with Crippen LogP contribution >= 0.6 is 11.3 Å². The van der Waals surface area contributed by atoms with E-state index < -0.39 is 5.97 Å². The summed E-state index contributed by atoms with van der Waals surface area (Å²) in [7, 11) is 0. The van der Waals surface area contributed by atoms with Gasteiger partial charge < -0.3 is 14.7 Å². The van der Waals surface area contributed by atoms with Gasteiger partial charge in [0.1, 0.15) is 5.82 Å². The van der Waals surface area contributed by atoms with Gasteiger partial charge in [-0.3, -0.25) is 10.1 Å². The lowest BCUT2D eigenvalue weighted by Crippen LogP contribution is -2.48. The monoisotopic (exact) mass is 685 g/mol. The Kier molecular flexibility index (Phi) is 7.60. The summed E-state index contributed by atoms with van der Waals surface area (Å²) in [6.45, 7) is 3.71. The number of pyridine rings is 2. The minimum absolute atomic E-state index is 0.0171. The van der Waals surface area contributed by atoms with Crippen LogP contribution in [0.25, 0.3) is 21.3 Å². The van der Waals surface area contributed by atoms with E-state index in [0.717, 1.165) is 50.2 Å². The van der Waals surface area contributed by atoms with E-state index in [-0.39, 0.29) is 17.0 Å². The van der Waals surface area contributed by atoms with E-state index in [9.17, 15) is 14.7 Å². The van der Waals surface area contributed by atoms with Gasteiger partial charge in [-0.1, -0.05) is 35.6 Å². The predicted octanol–water partition coefficient (Wildman–Crippen LogP) is 8.17. The van der Waals surface area contributed by atoms with Crippen LogP contribution in [0.1, 0.15) is 76.1 Å². The maximum atomic E-state index is 13.5. The predicted molar refractivity (Wildman–Crippen MR) is 194 cm³/mol. The average molecular weight is 686 g/mol. The highest BCUT2D eigenvalue weighted by atomic mass is 32.1. The number of nitrogens with one attached hydrogen (secondary N) is 1. The van der Waals surface area contributed by atoms with Crippen LogP contribution in [0.2, 0.25) is 0 Å². The van der Waals surface area contributed by atoms with Crippen LogP contribution in [0.3, 0.4) is 0 Å². The number of aromatic carboxylic acids is 1. The summed E-state index contributed by atoms with van der Waals surface area (Å²) in [5.41, 5.74) is 5.78. The second kappa shape index (κ2) is 12.2. The smallest absolute Gasteiger partial charge is 0.355 e. The molecule has 0 radical (unpaired) electrons. The van der Waals surface area contributed by atoms with Gasteiger partial charge in [0.15, 0.2) is 10.8 Å². The molecule has 0 spiro atoms. The SMILES string of the molecule is Cc1c(-c2ccc(N3CCc4cccc(C(=O)Nc5nc6ccccc6s5)c4C3)nc2C(=O)O)ccnc1OCC12CC3CC(CC(C3)C1)C2. The van der Waals surface area contributed by atoms with Crippen LogP contribution in [0.5, 0.6) is 5.88 Å². The molecule has 1 amide bonds. The molecule has 4 bridgehead atoms. The maximum Gasteiger partial charge on any atom is 0.355 e. The largest absolute Gasteiger partial charge is 0.477 e. The lowest BCUT2D eigenvalue weighted by Gasteiger charge is -2.56. The summed E-state index contributed by atoms with van der Waals surface area (Å²) in [6.07, 6.45) is 10.3. The first kappa shape index (κ1) is 31.2. The number of fused-ring (bicyclic) bond motifs is 2. The lowest BCUT2D eigenvalue weighted by atomic mass is 9.50. The third kappa shape index (κ3) is 5.59. The third-order valence-corrected chi connectivity index (χ3v) is 12.5. The van der Waals surface area contributed by atoms with E-state index in [4.69, 9.17) is 9.72 Å². The Hall–Kier alpha value is -4.83. The topological polar surface area (TPSA) is 118 Å². The number of anilines is 2. The molecular formula is C40H39N5O4S. The number of amides is 1. The number of para-hydroxylation sites is 1. The molecule has 4 aliphatic carbocycles. The minimum Gasteiger partial charge on any atom is -0.477 e. The molecular weight excluding hydrogens is 647 g/mol. The highest BCUT2D eigenvalue weighted by Crippen LogP contribution is 2.60. The molecule has 254 valence electrons. The van der Waals surface area contributed by atoms with Crippen molar-refractivity contribution in [1.29, 1.82) is 0 Å². The number of aromatic nitrogens is 3. The van der Waals surface area contributed by atoms with Crippen LogP contribution in [-0.2, 0) is 13.0 Å². The molecule has 50 heavy (non-hydrogen) atoms. The zero-order chi connectivity index (χ0) is 34.0. The minimum atomic E-state index is -1.09. The quantitative estimate of drug-likeness (QED) is 0.168. The van der Waals surface area contributed by atoms with Crippen molar-refractivity contribution in [2.24, 2.45) is 23.2 Å². The highest BCUT2D eigenvalue weighted by Gasteiger charge is 2.51. The Bertz CT molecular complexity index is 2090. The molecule has 4 fully saturated rings. The van der Waals surface area contributed by atoms with E-state index in [0.29, 0.717) is 54.1 Å². The molecule has 10 heteroatoms. The highest BCUT2D eigenvalue weighted by molar-refractivity contribution is 7.22. The maximum absolute atomic E-state index is 13.5. The Labute approximate surface area is 294 Å². The van der Waals surface area contributed by atoms with Crippen molar-refractivity contribution in [3.8, 4) is 17.0 Å². The van der Waals surface area contributed by atoms with Gasteiger partial charge in [0.2, 0.25) is 5.88 Å². The standard InChI is InChI=1S/C40H39N5O4S/c1-23-28(11-13-41-37(23)49-22-40-18-24-15-25(19-40)17-26(16-24)20-40)29-9-10-34(43-35(29)38(47)48)45-14-12-27-5-4-6-30(31(27)21-45)36(46)44-39-42-32-7-2-3-8-33(32)50-39/h2-11,13,24-26H,12,14-22H2,1H3,(H,47,48)(H,42,44,46). The molecule has 4 heterocycles. The first-order chi connectivity index (χ1) is 24.3. The second-order valence-corrected chi connectivity index (χ2v) is 16.0. The number of rotatable bonds is 8. The molecule has 0 unspecified atom stereocenters. The summed E-state index contributed by atoms with van der Waals surface area (Å²) in [6, 6.07) is 19.2. The molecule has 1 aliphatic heterocycles. The fourth-order valence-electron chi connectivity index (χ4n) is 9.73. The molecule has 5 aliphatic rings. The van der Waals surface area contributed by atoms with Crippen molar-refractivity contribution in [3.05, 3.63) is 94.8 Å². The zero-order valence-electron chi connectivity index (χ0n) is 28.0. The fourth-order valence-corrected chi connectivity index (χ4v) is 10.6. The Morgan fingerprint density at radius 1 is 0.960 bits per heavy atom. The number of hydrogen-bond acceptors (Lipinski definition) is 8. The number of benzene rings is 2. The van der Waals surface area contributed by atoms with Gasteiger partial charge in [-0.2, -0.15) is 0 Å². The molecule has 0 atom stereocenters. The number of carboxylic acid groups (broad SMARTS) is 1. The van der Waals surface area contributed by atoms with Gasteiger partial charge in [-0.05, 0) is 123 Å². The first-order valence-corrected chi connectivity index (χ1v) is 18.5. The molecule has 5 aromatic rings. The van der Waals surface area contributed by atoms with Crippen molar-refractivity contribution < 1.29 is 19.4 Å². The van der Waals surface area contributed by atoms with Crippen LogP contribution in [0.15, 0.2) is 66.9 Å². The van der Waals surface area contributed by atoms with E-state index in [2.05, 4.69) is 21.4 Å². The van der Waals surface area contributed by atoms with Gasteiger partial charge in [0.05, 0.1) is 16.8 Å². The van der Waals surface area contributed by atoms with Crippen molar-refractivity contribution >= 4 is 44.4 Å². The number of carbonyl (C=O) groups is 2. The van der Waals surface area contributed by atoms with Crippen LogP contribution < -0.4 is 15.0 Å². The summed E-state index contributed by atoms with van der Waals surface area (Å²) in [4.78, 5) is 42.2. The zero-order valence-corrected chi connectivity index (χ0v) is 28.8. The Morgan fingerprint density at radius 3 is 2.50 bits per heavy atom. The van der Waals surface area contributed by atoms with Gasteiger partial charge in [-0.25, -0.2) is 19.7 Å². The molecule has 2 aromatic carbocycles. The number of carbonyl (C=O) groups excluding carboxylic acids is 1. The van der Waals surface area contributed by atoms with Crippen molar-refractivity contribution in [2.75, 3.05) is 23.4 Å². The van der Waals surface area contributed by atoms with Crippen molar-refractivity contribution in [2.45, 2.75) is 58.4 Å². The summed E-state index contributed by atoms with van der Waals surface area (Å²) in [5, 5.41) is 13.9. The summed E-state index contributed by atoms with van der Waals surface area (Å²) in [5.74, 6) is 2.35. The Morgan fingerprint density at radius 2 is 1.74 bits per heavy atom. The normalized spacial score (nSPS) is 23.5. The van der Waals surface area contributed by atoms with Gasteiger partial charge in [0.25, 0.3) is 5.91 Å². The van der Waals surface area contributed by atoms with Crippen LogP contribution in [0, 0.1) is 30.1 Å². The molecule has 9 nitrogen and oxygen atoms in total. The average Bonchev–Trinajstić information content (AvgIpc) is 3.52. The fraction of sp³-hybridized carbons (Fsp3) is 0.375. The van der Waals surface area contributed by atoms with Gasteiger partial charge >= 0.3 is 5.97 Å². The van der Waals surface area contributed by atoms with Crippen molar-refractivity contribution in [3.63, 3.8) is 0 Å². The molecule has 10 rings (SSSR count). The van der Waals surface area contributed by atoms with Gasteiger partial charge in [0, 0.05) is 41.4 Å². The summed E-state index contributed by atoms with van der Waals surface area (Å²) >= 11 is 1.44. The first-order valence-electron chi connectivity index (χ1n) is 17.7. The summed E-state index contributed by atoms with van der Waals surface area (Å²) < 4.78 is 7.51. The van der Waals surface area contributed by atoms with Crippen LogP contribution in [-0.4, -0.2) is 45.1 Å². The van der Waals surface area contributed by atoms with E-state index in [1.165, 1.54) is 49.9 Å². The molecule has 2 N–H and O–H groups in total. The van der Waals surface area contributed by atoms with Crippen LogP contribution in [0.4, 0.5) is 10.9 Å². The number of carboxylic acids is 1. The molecule has 0 saturated heterocycles. The third-order valence-electron chi connectivity index (χ3n) is 11.6. The number of hydrogen-bond donors (Lipinski definition) is 2. The van der Waals surface area contributed by atoms with Gasteiger partial charge in [-0.15, -0.1) is 0 Å². The number of ether oxygens (including phenoxy) is 1. The number of thiazole rings is 1. The Balaban J connectivity index is 0.956. The molecule has 3 aromatic heterocycles. The lowest BCUT2D eigenvalue weighted by molar-refractivity contribution is -0.0752.